The Bertz CT molecular complexity index is 1400. The van der Waals surface area contributed by atoms with Gasteiger partial charge in [-0.3, -0.25) is 14.6 Å². The summed E-state index contributed by atoms with van der Waals surface area (Å²) in [7, 11) is -3.98. The number of aliphatic carboxylic acids is 1. The maximum absolute atomic E-state index is 13.5. The van der Waals surface area contributed by atoms with E-state index in [0.29, 0.717) is 37.1 Å². The van der Waals surface area contributed by atoms with Crippen LogP contribution in [0.1, 0.15) is 38.2 Å². The molecule has 2 aromatic rings. The van der Waals surface area contributed by atoms with Crippen molar-refractivity contribution in [2.24, 2.45) is 4.99 Å². The number of guanidine groups is 1. The van der Waals surface area contributed by atoms with E-state index in [1.165, 1.54) is 28.2 Å². The number of nitrogens with zero attached hydrogens (tertiary/aromatic N) is 2. The lowest BCUT2D eigenvalue weighted by molar-refractivity contribution is -0.142. The first-order valence-corrected chi connectivity index (χ1v) is 16.8. The molecule has 0 spiro atoms. The Morgan fingerprint density at radius 2 is 1.88 bits per heavy atom. The Hall–Kier alpha value is -3.62. The Kier molecular flexibility index (Phi) is 11.4. The Morgan fingerprint density at radius 1 is 1.14 bits per heavy atom. The largest absolute Gasteiger partial charge is 0.480 e. The van der Waals surface area contributed by atoms with Crippen LogP contribution in [0.5, 0.6) is 0 Å². The number of carbonyl (C=O) groups excluding carboxylic acids is 2. The van der Waals surface area contributed by atoms with Crippen LogP contribution < -0.4 is 21.3 Å². The molecule has 4 rings (SSSR count). The Morgan fingerprint density at radius 3 is 2.53 bits per heavy atom. The number of rotatable bonds is 13. The van der Waals surface area contributed by atoms with Crippen LogP contribution in [0.3, 0.4) is 0 Å². The van der Waals surface area contributed by atoms with Gasteiger partial charge in [0.15, 0.2) is 5.96 Å². The van der Waals surface area contributed by atoms with Crippen LogP contribution in [0, 0.1) is 0 Å². The number of carboxylic acids is 1. The molecule has 2 aliphatic rings. The van der Waals surface area contributed by atoms with Crippen molar-refractivity contribution < 1.29 is 27.9 Å². The Labute approximate surface area is 256 Å². The van der Waals surface area contributed by atoms with E-state index < -0.39 is 39.4 Å². The highest BCUT2D eigenvalue weighted by Crippen LogP contribution is 2.36. The van der Waals surface area contributed by atoms with Gasteiger partial charge >= 0.3 is 5.97 Å². The van der Waals surface area contributed by atoms with Gasteiger partial charge in [-0.25, -0.2) is 13.2 Å². The van der Waals surface area contributed by atoms with Gasteiger partial charge in [-0.15, -0.1) is 11.8 Å². The van der Waals surface area contributed by atoms with Crippen LogP contribution in [0.2, 0.25) is 0 Å². The number of thioether (sulfide) groups is 1. The first-order chi connectivity index (χ1) is 20.7. The van der Waals surface area contributed by atoms with Gasteiger partial charge in [-0.1, -0.05) is 37.3 Å². The van der Waals surface area contributed by atoms with Crippen molar-refractivity contribution in [3.8, 4) is 0 Å². The molecule has 43 heavy (non-hydrogen) atoms. The van der Waals surface area contributed by atoms with E-state index in [4.69, 9.17) is 0 Å². The molecule has 2 amide bonds. The number of sulfonamides is 1. The van der Waals surface area contributed by atoms with Gasteiger partial charge in [0.1, 0.15) is 12.1 Å². The molecule has 14 heteroatoms. The molecule has 1 fully saturated rings. The summed E-state index contributed by atoms with van der Waals surface area (Å²) < 4.78 is 28.1. The fourth-order valence-electron chi connectivity index (χ4n) is 4.83. The predicted octanol–water partition coefficient (Wildman–Crippen LogP) is 2.00. The highest BCUT2D eigenvalue weighted by molar-refractivity contribution is 8.01. The third-order valence-corrected chi connectivity index (χ3v) is 10.6. The molecule has 0 aliphatic carbocycles. The molecule has 3 atom stereocenters. The fourth-order valence-corrected chi connectivity index (χ4v) is 8.40. The van der Waals surface area contributed by atoms with Crippen LogP contribution in [0.4, 0.5) is 5.69 Å². The minimum Gasteiger partial charge on any atom is -0.480 e. The van der Waals surface area contributed by atoms with Crippen molar-refractivity contribution >= 4 is 51.2 Å². The van der Waals surface area contributed by atoms with Gasteiger partial charge in [-0.2, -0.15) is 4.31 Å². The fraction of sp³-hybridized carbons (Fsp3) is 0.448. The number of aliphatic imine (C=N–C) groups is 1. The molecule has 2 aliphatic heterocycles. The minimum atomic E-state index is -3.98. The van der Waals surface area contributed by atoms with Gasteiger partial charge in [0, 0.05) is 43.9 Å². The molecule has 2 heterocycles. The third kappa shape index (κ3) is 8.71. The maximum atomic E-state index is 13.5. The van der Waals surface area contributed by atoms with E-state index in [1.807, 2.05) is 6.92 Å². The van der Waals surface area contributed by atoms with Gasteiger partial charge < -0.3 is 26.4 Å². The lowest BCUT2D eigenvalue weighted by atomic mass is 10.0. The second-order valence-electron chi connectivity index (χ2n) is 10.2. The highest BCUT2D eigenvalue weighted by Gasteiger charge is 2.46. The normalized spacial score (nSPS) is 19.5. The summed E-state index contributed by atoms with van der Waals surface area (Å²) in [4.78, 5) is 42.2. The number of nitrogens with one attached hydrogen (secondary N) is 4. The summed E-state index contributed by atoms with van der Waals surface area (Å²) in [6.07, 6.45) is 2.45. The van der Waals surface area contributed by atoms with Crippen molar-refractivity contribution in [2.75, 3.05) is 30.7 Å². The number of benzene rings is 2. The van der Waals surface area contributed by atoms with Gasteiger partial charge in [0.25, 0.3) is 0 Å². The van der Waals surface area contributed by atoms with E-state index in [2.05, 4.69) is 26.3 Å². The molecule has 1 unspecified atom stereocenters. The lowest BCUT2D eigenvalue weighted by Crippen LogP contribution is -2.53. The standard InChI is InChI=1S/C29H38N6O6S2/c1-2-26-35(43(40,41)22-8-4-3-5-9-22)24(19-42-26)27(37)34-23(28(38)39)18-20-11-13-21(14-12-20)33-25(36)10-6-15-30-29-31-16-7-17-32-29/h3-5,8-9,11-14,23-24,26H,2,6-7,10,15-19H2,1H3,(H,33,36)(H,34,37)(H,38,39)(H2,30,31,32)/t23-,24-,26?/m0/s1. The maximum Gasteiger partial charge on any atom is 0.326 e. The zero-order valence-corrected chi connectivity index (χ0v) is 25.6. The topological polar surface area (TPSA) is 169 Å². The SMILES string of the molecule is CCC1SC[C@@H](C(=O)N[C@@H](Cc2ccc(NC(=O)CCCNC3=NCCCN3)cc2)C(=O)O)N1S(=O)(=O)c1ccccc1. The first-order valence-electron chi connectivity index (χ1n) is 14.3. The molecule has 1 saturated heterocycles. The van der Waals surface area contributed by atoms with Gasteiger partial charge in [0.05, 0.1) is 10.3 Å². The molecular weight excluding hydrogens is 592 g/mol. The summed E-state index contributed by atoms with van der Waals surface area (Å²) in [5, 5.41) is 21.2. The highest BCUT2D eigenvalue weighted by atomic mass is 32.2. The minimum absolute atomic E-state index is 0.0125. The number of carboxylic acid groups (broad SMARTS) is 1. The average molecular weight is 631 g/mol. The summed E-state index contributed by atoms with van der Waals surface area (Å²) in [6.45, 7) is 4.15. The van der Waals surface area contributed by atoms with Crippen LogP contribution >= 0.6 is 11.8 Å². The summed E-state index contributed by atoms with van der Waals surface area (Å²) in [6, 6.07) is 12.3. The number of hydrogen-bond acceptors (Lipinski definition) is 9. The van der Waals surface area contributed by atoms with Crippen molar-refractivity contribution in [1.82, 2.24) is 20.3 Å². The van der Waals surface area contributed by atoms with Crippen molar-refractivity contribution in [3.05, 3.63) is 60.2 Å². The van der Waals surface area contributed by atoms with Crippen molar-refractivity contribution in [3.63, 3.8) is 0 Å². The van der Waals surface area contributed by atoms with E-state index in [0.717, 1.165) is 25.5 Å². The zero-order chi connectivity index (χ0) is 30.8. The third-order valence-electron chi connectivity index (χ3n) is 7.07. The summed E-state index contributed by atoms with van der Waals surface area (Å²) in [5.74, 6) is -1.04. The molecular formula is C29H38N6O6S2. The van der Waals surface area contributed by atoms with E-state index >= 15 is 0 Å². The number of anilines is 1. The zero-order valence-electron chi connectivity index (χ0n) is 24.0. The molecule has 0 aromatic heterocycles. The van der Waals surface area contributed by atoms with Crippen LogP contribution in [-0.4, -0.2) is 84.4 Å². The van der Waals surface area contributed by atoms with Crippen LogP contribution in [0.25, 0.3) is 0 Å². The number of amides is 2. The molecule has 0 saturated carbocycles. The van der Waals surface area contributed by atoms with Crippen LogP contribution in [-0.2, 0) is 30.8 Å². The average Bonchev–Trinajstić information content (AvgIpc) is 3.46. The summed E-state index contributed by atoms with van der Waals surface area (Å²) in [5.41, 5.74) is 1.21. The molecule has 232 valence electrons. The van der Waals surface area contributed by atoms with E-state index in [-0.39, 0.29) is 23.0 Å². The number of hydrogen-bond donors (Lipinski definition) is 5. The second kappa shape index (κ2) is 15.2. The van der Waals surface area contributed by atoms with E-state index in [1.54, 1.807) is 42.5 Å². The van der Waals surface area contributed by atoms with Gasteiger partial charge in [0.2, 0.25) is 21.8 Å². The van der Waals surface area contributed by atoms with E-state index in [9.17, 15) is 27.9 Å². The molecule has 0 bridgehead atoms. The predicted molar refractivity (Wildman–Crippen MR) is 166 cm³/mol. The van der Waals surface area contributed by atoms with Crippen molar-refractivity contribution in [1.29, 1.82) is 0 Å². The molecule has 0 radical (unpaired) electrons. The Balaban J connectivity index is 1.32. The summed E-state index contributed by atoms with van der Waals surface area (Å²) >= 11 is 1.36. The smallest absolute Gasteiger partial charge is 0.326 e. The van der Waals surface area contributed by atoms with Crippen LogP contribution in [0.15, 0.2) is 64.5 Å². The lowest BCUT2D eigenvalue weighted by Gasteiger charge is -2.28. The first kappa shape index (κ1) is 32.3. The molecule has 12 nitrogen and oxygen atoms in total. The van der Waals surface area contributed by atoms with Gasteiger partial charge in [-0.05, 0) is 49.1 Å². The van der Waals surface area contributed by atoms with Crippen molar-refractivity contribution in [2.45, 2.75) is 61.4 Å². The monoisotopic (exact) mass is 630 g/mol. The quantitative estimate of drug-likeness (QED) is 0.208. The molecule has 2 aromatic carbocycles. The molecule has 5 N–H and O–H groups in total. The number of carbonyl (C=O) groups is 3. The second-order valence-corrected chi connectivity index (χ2v) is 13.3.